The van der Waals surface area contributed by atoms with Crippen LogP contribution in [0.2, 0.25) is 0 Å². The predicted octanol–water partition coefficient (Wildman–Crippen LogP) is 7.54. The van der Waals surface area contributed by atoms with Crippen LogP contribution in [0.5, 0.6) is 11.5 Å². The Morgan fingerprint density at radius 3 is 1.88 bits per heavy atom. The summed E-state index contributed by atoms with van der Waals surface area (Å²) in [6.07, 6.45) is 0. The smallest absolute Gasteiger partial charge is 0.339 e. The average Bonchev–Trinajstić information content (AvgIpc) is 3.00. The van der Waals surface area contributed by atoms with Crippen molar-refractivity contribution in [1.82, 2.24) is 0 Å². The molecule has 13 heteroatoms. The van der Waals surface area contributed by atoms with Crippen molar-refractivity contribution in [2.75, 3.05) is 5.73 Å². The maximum Gasteiger partial charge on any atom is 0.339 e. The Labute approximate surface area is 240 Å². The van der Waals surface area contributed by atoms with Crippen LogP contribution < -0.4 is 5.73 Å². The highest BCUT2D eigenvalue weighted by Gasteiger charge is 2.15. The number of carbonyl (C=O) groups is 1. The number of rotatable bonds is 8. The number of aromatic carboxylic acids is 1. The maximum atomic E-state index is 11.8. The van der Waals surface area contributed by atoms with Crippen LogP contribution >= 0.6 is 0 Å². The number of benzene rings is 5. The standard InChI is InChI=1S/C29H21N5O7S/c30-24-11-5-18-13-22(42(40)41-39)15-26(36)27(18)28(24)34-32-20-8-3-17(4-9-20)16-1-6-19(7-2-16)31-33-21-10-12-25(35)23(14-21)29(37)38/h1-15,35-36,39H,30H2,(H,37,38). The highest BCUT2D eigenvalue weighted by atomic mass is 32.2. The first-order chi connectivity index (χ1) is 20.2. The van der Waals surface area contributed by atoms with Crippen LogP contribution in [0.15, 0.2) is 116 Å². The predicted molar refractivity (Wildman–Crippen MR) is 155 cm³/mol. The third-order valence-corrected chi connectivity index (χ3v) is 6.92. The average molecular weight is 584 g/mol. The van der Waals surface area contributed by atoms with Crippen LogP contribution in [-0.4, -0.2) is 30.8 Å². The number of azo groups is 2. The van der Waals surface area contributed by atoms with Gasteiger partial charge in [-0.3, -0.25) is 0 Å². The molecule has 0 saturated heterocycles. The van der Waals surface area contributed by atoms with Crippen molar-refractivity contribution in [3.63, 3.8) is 0 Å². The Kier molecular flexibility index (Phi) is 7.97. The van der Waals surface area contributed by atoms with E-state index in [9.17, 15) is 19.2 Å². The van der Waals surface area contributed by atoms with Gasteiger partial charge in [-0.25, -0.2) is 14.3 Å². The number of aromatic hydroxyl groups is 2. The van der Waals surface area contributed by atoms with E-state index in [1.165, 1.54) is 30.3 Å². The lowest BCUT2D eigenvalue weighted by Gasteiger charge is -2.09. The van der Waals surface area contributed by atoms with Crippen molar-refractivity contribution in [2.45, 2.75) is 4.90 Å². The molecule has 0 bridgehead atoms. The third kappa shape index (κ3) is 5.97. The zero-order valence-corrected chi connectivity index (χ0v) is 22.3. The van der Waals surface area contributed by atoms with Crippen LogP contribution in [0.1, 0.15) is 10.4 Å². The fourth-order valence-electron chi connectivity index (χ4n) is 4.08. The summed E-state index contributed by atoms with van der Waals surface area (Å²) in [6.45, 7) is 0. The number of nitrogens with zero attached hydrogens (tertiary/aromatic N) is 4. The Balaban J connectivity index is 1.33. The lowest BCUT2D eigenvalue weighted by Crippen LogP contribution is -1.95. The van der Waals surface area contributed by atoms with Crippen molar-refractivity contribution >= 4 is 56.3 Å². The van der Waals surface area contributed by atoms with Crippen molar-refractivity contribution in [3.8, 4) is 22.6 Å². The van der Waals surface area contributed by atoms with Gasteiger partial charge in [-0.15, -0.1) is 9.45 Å². The van der Waals surface area contributed by atoms with E-state index in [0.717, 1.165) is 11.1 Å². The summed E-state index contributed by atoms with van der Waals surface area (Å²) in [5, 5.41) is 55.4. The number of carboxylic acid groups (broad SMARTS) is 1. The molecule has 12 nitrogen and oxygen atoms in total. The molecule has 210 valence electrons. The van der Waals surface area contributed by atoms with E-state index in [1.807, 2.05) is 24.3 Å². The summed E-state index contributed by atoms with van der Waals surface area (Å²) in [4.78, 5) is 11.2. The number of phenolic OH excluding ortho intramolecular Hbond substituents is 1. The maximum absolute atomic E-state index is 11.8. The number of nitrogen functional groups attached to an aromatic ring is 1. The zero-order chi connectivity index (χ0) is 29.8. The second-order valence-corrected chi connectivity index (χ2v) is 9.94. The Morgan fingerprint density at radius 1 is 0.714 bits per heavy atom. The number of phenols is 2. The van der Waals surface area contributed by atoms with Gasteiger partial charge in [0.15, 0.2) is 0 Å². The van der Waals surface area contributed by atoms with E-state index < -0.39 is 17.0 Å². The molecule has 5 aromatic rings. The van der Waals surface area contributed by atoms with Gasteiger partial charge in [-0.05, 0) is 77.2 Å². The largest absolute Gasteiger partial charge is 0.507 e. The van der Waals surface area contributed by atoms with Gasteiger partial charge in [0.2, 0.25) is 11.1 Å². The van der Waals surface area contributed by atoms with E-state index in [-0.39, 0.29) is 39.0 Å². The molecule has 6 N–H and O–H groups in total. The first-order valence-corrected chi connectivity index (χ1v) is 13.2. The zero-order valence-electron chi connectivity index (χ0n) is 21.4. The number of carboxylic acids is 1. The highest BCUT2D eigenvalue weighted by molar-refractivity contribution is 7.80. The fraction of sp³-hybridized carbons (Fsp3) is 0. The van der Waals surface area contributed by atoms with E-state index in [2.05, 4.69) is 24.8 Å². The molecule has 0 saturated carbocycles. The third-order valence-electron chi connectivity index (χ3n) is 6.16. The highest BCUT2D eigenvalue weighted by Crippen LogP contribution is 2.40. The van der Waals surface area contributed by atoms with E-state index in [0.29, 0.717) is 22.1 Å². The Morgan fingerprint density at radius 2 is 1.29 bits per heavy atom. The molecule has 42 heavy (non-hydrogen) atoms. The minimum Gasteiger partial charge on any atom is -0.507 e. The first-order valence-electron chi connectivity index (χ1n) is 12.1. The number of nitrogens with two attached hydrogens (primary N) is 1. The van der Waals surface area contributed by atoms with Gasteiger partial charge in [0.25, 0.3) is 0 Å². The van der Waals surface area contributed by atoms with Crippen LogP contribution in [0, 0.1) is 0 Å². The van der Waals surface area contributed by atoms with Gasteiger partial charge in [0.05, 0.1) is 33.0 Å². The SMILES string of the molecule is Nc1ccc2cc(S(=O)OO)cc(O)c2c1N=Nc1ccc(-c2ccc(N=Nc3ccc(O)c(C(=O)O)c3)cc2)cc1. The lowest BCUT2D eigenvalue weighted by atomic mass is 10.1. The molecule has 0 radical (unpaired) electrons. The molecule has 0 spiro atoms. The molecular weight excluding hydrogens is 562 g/mol. The number of fused-ring (bicyclic) bond motifs is 1. The monoisotopic (exact) mass is 583 g/mol. The minimum atomic E-state index is -2.16. The van der Waals surface area contributed by atoms with Crippen LogP contribution in [0.4, 0.5) is 28.4 Å². The van der Waals surface area contributed by atoms with Crippen LogP contribution in [0.25, 0.3) is 21.9 Å². The molecule has 5 rings (SSSR count). The van der Waals surface area contributed by atoms with Crippen molar-refractivity contribution < 1.29 is 33.9 Å². The second-order valence-electron chi connectivity index (χ2n) is 8.85. The quantitative estimate of drug-likeness (QED) is 0.0533. The molecule has 0 heterocycles. The van der Waals surface area contributed by atoms with Crippen LogP contribution in [-0.2, 0) is 15.4 Å². The molecule has 0 fully saturated rings. The van der Waals surface area contributed by atoms with Gasteiger partial charge < -0.3 is 21.1 Å². The number of hydrogen-bond acceptors (Lipinski definition) is 11. The summed E-state index contributed by atoms with van der Waals surface area (Å²) in [5.74, 6) is -1.86. The molecule has 0 amide bonds. The van der Waals surface area contributed by atoms with Gasteiger partial charge in [-0.1, -0.05) is 30.3 Å². The van der Waals surface area contributed by atoms with E-state index in [4.69, 9.17) is 16.1 Å². The molecular formula is C29H21N5O7S. The number of anilines is 1. The van der Waals surface area contributed by atoms with Gasteiger partial charge >= 0.3 is 5.97 Å². The minimum absolute atomic E-state index is 0.0634. The first kappa shape index (κ1) is 28.0. The summed E-state index contributed by atoms with van der Waals surface area (Å²) in [6, 6.07) is 24.3. The molecule has 0 aromatic heterocycles. The number of hydrogen-bond donors (Lipinski definition) is 5. The molecule has 5 aromatic carbocycles. The Hall–Kier alpha value is -5.50. The summed E-state index contributed by atoms with van der Waals surface area (Å²) < 4.78 is 15.6. The van der Waals surface area contributed by atoms with Gasteiger partial charge in [0.1, 0.15) is 22.7 Å². The molecule has 1 unspecified atom stereocenters. The normalized spacial score (nSPS) is 12.3. The summed E-state index contributed by atoms with van der Waals surface area (Å²) >= 11 is -2.16. The van der Waals surface area contributed by atoms with Gasteiger partial charge in [-0.2, -0.15) is 15.3 Å². The lowest BCUT2D eigenvalue weighted by molar-refractivity contribution is -0.124. The van der Waals surface area contributed by atoms with Crippen LogP contribution in [0.3, 0.4) is 0 Å². The van der Waals surface area contributed by atoms with Crippen molar-refractivity contribution in [1.29, 1.82) is 0 Å². The van der Waals surface area contributed by atoms with Crippen molar-refractivity contribution in [2.24, 2.45) is 20.5 Å². The summed E-state index contributed by atoms with van der Waals surface area (Å²) in [7, 11) is 0. The second kappa shape index (κ2) is 11.9. The summed E-state index contributed by atoms with van der Waals surface area (Å²) in [5.41, 5.74) is 9.51. The van der Waals surface area contributed by atoms with E-state index >= 15 is 0 Å². The molecule has 0 aliphatic rings. The fourth-order valence-corrected chi connectivity index (χ4v) is 4.60. The molecule has 0 aliphatic heterocycles. The molecule has 1 atom stereocenters. The van der Waals surface area contributed by atoms with Crippen molar-refractivity contribution in [3.05, 3.63) is 96.6 Å². The van der Waals surface area contributed by atoms with Gasteiger partial charge in [0, 0.05) is 0 Å². The Bertz CT molecular complexity index is 1890. The topological polar surface area (TPSA) is 200 Å². The van der Waals surface area contributed by atoms with E-state index in [1.54, 1.807) is 36.4 Å². The molecule has 0 aliphatic carbocycles.